The number of halogens is 2. The van der Waals surface area contributed by atoms with Gasteiger partial charge in [-0.1, -0.05) is 31.0 Å². The summed E-state index contributed by atoms with van der Waals surface area (Å²) in [5.74, 6) is 2.97. The van der Waals surface area contributed by atoms with E-state index >= 15 is 0 Å². The first-order valence-corrected chi connectivity index (χ1v) is 7.80. The van der Waals surface area contributed by atoms with Crippen LogP contribution in [0.4, 0.5) is 0 Å². The Morgan fingerprint density at radius 3 is 2.89 bits per heavy atom. The molecule has 2 nitrogen and oxygen atoms in total. The predicted molar refractivity (Wildman–Crippen MR) is 80.8 cm³/mol. The summed E-state index contributed by atoms with van der Waals surface area (Å²) in [6.45, 7) is 3.36. The summed E-state index contributed by atoms with van der Waals surface area (Å²) in [6, 6.07) is 5.96. The molecule has 19 heavy (non-hydrogen) atoms. The average Bonchev–Trinajstić information content (AvgIpc) is 2.96. The minimum Gasteiger partial charge on any atom is -0.327 e. The molecular weight excluding hydrogens is 279 g/mol. The molecule has 3 rings (SSSR count). The van der Waals surface area contributed by atoms with E-state index in [2.05, 4.69) is 22.5 Å². The number of alkyl halides is 1. The van der Waals surface area contributed by atoms with Crippen molar-refractivity contribution >= 4 is 34.2 Å². The van der Waals surface area contributed by atoms with Gasteiger partial charge in [-0.2, -0.15) is 0 Å². The number of para-hydroxylation sites is 1. The molecule has 1 aromatic carbocycles. The van der Waals surface area contributed by atoms with Gasteiger partial charge in [0.05, 0.1) is 16.4 Å². The molecule has 0 aliphatic heterocycles. The van der Waals surface area contributed by atoms with Crippen LogP contribution in [0.2, 0.25) is 5.02 Å². The van der Waals surface area contributed by atoms with Gasteiger partial charge in [0.25, 0.3) is 0 Å². The summed E-state index contributed by atoms with van der Waals surface area (Å²) in [4.78, 5) is 4.59. The van der Waals surface area contributed by atoms with Crippen molar-refractivity contribution in [1.82, 2.24) is 9.55 Å². The van der Waals surface area contributed by atoms with Gasteiger partial charge in [-0.15, -0.1) is 11.6 Å². The van der Waals surface area contributed by atoms with Crippen LogP contribution in [0.25, 0.3) is 11.0 Å². The zero-order valence-electron chi connectivity index (χ0n) is 11.1. The van der Waals surface area contributed by atoms with Gasteiger partial charge in [0.2, 0.25) is 0 Å². The zero-order valence-corrected chi connectivity index (χ0v) is 12.6. The van der Waals surface area contributed by atoms with Gasteiger partial charge in [-0.3, -0.25) is 0 Å². The Hall–Kier alpha value is -0.730. The maximum atomic E-state index is 6.22. The number of hydrogen-bond donors (Lipinski definition) is 0. The molecular formula is C15H18Cl2N2. The highest BCUT2D eigenvalue weighted by atomic mass is 35.5. The highest BCUT2D eigenvalue weighted by Gasteiger charge is 2.23. The van der Waals surface area contributed by atoms with E-state index in [0.29, 0.717) is 10.9 Å². The van der Waals surface area contributed by atoms with Crippen LogP contribution in [0.5, 0.6) is 0 Å². The molecule has 1 saturated carbocycles. The van der Waals surface area contributed by atoms with E-state index in [1.165, 1.54) is 19.3 Å². The van der Waals surface area contributed by atoms with E-state index in [9.17, 15) is 0 Å². The van der Waals surface area contributed by atoms with Crippen LogP contribution in [0, 0.1) is 11.8 Å². The molecule has 0 N–H and O–H groups in total. The van der Waals surface area contributed by atoms with E-state index in [4.69, 9.17) is 23.2 Å². The fourth-order valence-electron chi connectivity index (χ4n) is 3.22. The third-order valence-corrected chi connectivity index (χ3v) is 4.72. The van der Waals surface area contributed by atoms with E-state index in [1.54, 1.807) is 0 Å². The minimum atomic E-state index is 0.438. The lowest BCUT2D eigenvalue weighted by molar-refractivity contribution is 0.441. The van der Waals surface area contributed by atoms with Gasteiger partial charge in [0.15, 0.2) is 0 Å². The molecule has 1 aliphatic carbocycles. The van der Waals surface area contributed by atoms with E-state index in [0.717, 1.165) is 35.2 Å². The average molecular weight is 297 g/mol. The van der Waals surface area contributed by atoms with Crippen molar-refractivity contribution in [3.8, 4) is 0 Å². The molecule has 2 unspecified atom stereocenters. The highest BCUT2D eigenvalue weighted by molar-refractivity contribution is 6.35. The number of imidazole rings is 1. The molecule has 0 bridgehead atoms. The van der Waals surface area contributed by atoms with Gasteiger partial charge in [0, 0.05) is 6.54 Å². The van der Waals surface area contributed by atoms with Crippen molar-refractivity contribution in [3.05, 3.63) is 29.0 Å². The Bertz CT molecular complexity index is 591. The van der Waals surface area contributed by atoms with E-state index in [-0.39, 0.29) is 0 Å². The maximum Gasteiger partial charge on any atom is 0.124 e. The fraction of sp³-hybridized carbons (Fsp3) is 0.533. The fourth-order valence-corrected chi connectivity index (χ4v) is 3.63. The number of benzene rings is 1. The van der Waals surface area contributed by atoms with Crippen LogP contribution < -0.4 is 0 Å². The summed E-state index contributed by atoms with van der Waals surface area (Å²) in [7, 11) is 0. The van der Waals surface area contributed by atoms with Gasteiger partial charge >= 0.3 is 0 Å². The number of hydrogen-bond acceptors (Lipinski definition) is 1. The molecule has 102 valence electrons. The molecule has 2 aromatic rings. The first-order chi connectivity index (χ1) is 9.19. The third kappa shape index (κ3) is 2.48. The number of fused-ring (bicyclic) bond motifs is 1. The Labute approximate surface area is 123 Å². The molecule has 4 heteroatoms. The normalized spacial score (nSPS) is 23.3. The molecule has 1 heterocycles. The van der Waals surface area contributed by atoms with E-state index in [1.807, 2.05) is 12.1 Å². The first kappa shape index (κ1) is 13.3. The zero-order chi connectivity index (χ0) is 13.4. The monoisotopic (exact) mass is 296 g/mol. The van der Waals surface area contributed by atoms with Crippen molar-refractivity contribution in [2.75, 3.05) is 0 Å². The van der Waals surface area contributed by atoms with E-state index < -0.39 is 0 Å². The second kappa shape index (κ2) is 5.34. The number of nitrogens with zero attached hydrogens (tertiary/aromatic N) is 2. The van der Waals surface area contributed by atoms with Gasteiger partial charge in [0.1, 0.15) is 11.3 Å². The van der Waals surface area contributed by atoms with Crippen LogP contribution in [0.15, 0.2) is 18.2 Å². The van der Waals surface area contributed by atoms with Crippen molar-refractivity contribution in [2.24, 2.45) is 11.8 Å². The predicted octanol–water partition coefficient (Wildman–Crippen LogP) is 4.86. The van der Waals surface area contributed by atoms with Crippen LogP contribution in [-0.4, -0.2) is 9.55 Å². The topological polar surface area (TPSA) is 17.8 Å². The Morgan fingerprint density at radius 2 is 2.21 bits per heavy atom. The lowest BCUT2D eigenvalue weighted by Crippen LogP contribution is -2.10. The maximum absolute atomic E-state index is 6.22. The van der Waals surface area contributed by atoms with Gasteiger partial charge in [-0.25, -0.2) is 4.98 Å². The molecule has 1 fully saturated rings. The van der Waals surface area contributed by atoms with Crippen LogP contribution in [0.1, 0.15) is 32.0 Å². The third-order valence-electron chi connectivity index (χ3n) is 4.17. The molecule has 0 saturated heterocycles. The van der Waals surface area contributed by atoms with Gasteiger partial charge < -0.3 is 4.57 Å². The van der Waals surface area contributed by atoms with Crippen LogP contribution in [-0.2, 0) is 12.4 Å². The lowest BCUT2D eigenvalue weighted by Gasteiger charge is -2.13. The second-order valence-electron chi connectivity index (χ2n) is 5.66. The quantitative estimate of drug-likeness (QED) is 0.739. The molecule has 0 amide bonds. The summed E-state index contributed by atoms with van der Waals surface area (Å²) < 4.78 is 2.26. The smallest absolute Gasteiger partial charge is 0.124 e. The van der Waals surface area contributed by atoms with Crippen LogP contribution in [0.3, 0.4) is 0 Å². The summed E-state index contributed by atoms with van der Waals surface area (Å²) in [5.41, 5.74) is 1.99. The second-order valence-corrected chi connectivity index (χ2v) is 6.34. The Morgan fingerprint density at radius 1 is 1.37 bits per heavy atom. The van der Waals surface area contributed by atoms with Crippen molar-refractivity contribution in [2.45, 2.75) is 38.6 Å². The summed E-state index contributed by atoms with van der Waals surface area (Å²) >= 11 is 12.3. The Balaban J connectivity index is 1.99. The van der Waals surface area contributed by atoms with Crippen LogP contribution >= 0.6 is 23.2 Å². The molecule has 2 atom stereocenters. The van der Waals surface area contributed by atoms with Crippen molar-refractivity contribution in [1.29, 1.82) is 0 Å². The highest BCUT2D eigenvalue weighted by Crippen LogP contribution is 2.33. The number of aromatic nitrogens is 2. The standard InChI is InChI=1S/C15H18Cl2N2/c1-10-5-6-11(7-10)9-19-13-4-2-3-12(17)15(13)18-14(19)8-16/h2-4,10-11H,5-9H2,1H3. The minimum absolute atomic E-state index is 0.438. The largest absolute Gasteiger partial charge is 0.327 e. The molecule has 1 aromatic heterocycles. The summed E-state index contributed by atoms with van der Waals surface area (Å²) in [5, 5.41) is 0.711. The molecule has 1 aliphatic rings. The first-order valence-electron chi connectivity index (χ1n) is 6.88. The molecule has 0 radical (unpaired) electrons. The van der Waals surface area contributed by atoms with Crippen molar-refractivity contribution in [3.63, 3.8) is 0 Å². The summed E-state index contributed by atoms with van der Waals surface area (Å²) in [6.07, 6.45) is 3.96. The lowest BCUT2D eigenvalue weighted by atomic mass is 10.1. The number of rotatable bonds is 3. The Kier molecular flexibility index (Phi) is 3.72. The molecule has 0 spiro atoms. The SMILES string of the molecule is CC1CCC(Cn2c(CCl)nc3c(Cl)cccc32)C1. The van der Waals surface area contributed by atoms with Crippen molar-refractivity contribution < 1.29 is 0 Å². The van der Waals surface area contributed by atoms with Gasteiger partial charge in [-0.05, 0) is 36.8 Å².